The van der Waals surface area contributed by atoms with Crippen LogP contribution in [0.15, 0.2) is 24.3 Å². The molecule has 0 unspecified atom stereocenters. The molecule has 1 aliphatic heterocycles. The monoisotopic (exact) mass is 321 g/mol. The smallest absolute Gasteiger partial charge is 0.410 e. The van der Waals surface area contributed by atoms with E-state index in [9.17, 15) is 14.9 Å². The van der Waals surface area contributed by atoms with E-state index >= 15 is 0 Å². The molecule has 0 radical (unpaired) electrons. The number of nitro groups is 1. The van der Waals surface area contributed by atoms with E-state index in [2.05, 4.69) is 5.32 Å². The molecule has 1 heterocycles. The summed E-state index contributed by atoms with van der Waals surface area (Å²) in [5.41, 5.74) is 0.497. The molecule has 23 heavy (non-hydrogen) atoms. The van der Waals surface area contributed by atoms with Gasteiger partial charge in [0.05, 0.1) is 11.0 Å². The summed E-state index contributed by atoms with van der Waals surface area (Å²) in [4.78, 5) is 24.4. The molecule has 7 heteroatoms. The van der Waals surface area contributed by atoms with Gasteiger partial charge >= 0.3 is 6.09 Å². The Morgan fingerprint density at radius 2 is 2.04 bits per heavy atom. The summed E-state index contributed by atoms with van der Waals surface area (Å²) in [5.74, 6) is 0. The van der Waals surface area contributed by atoms with Crippen molar-refractivity contribution in [3.8, 4) is 0 Å². The van der Waals surface area contributed by atoms with Gasteiger partial charge in [-0.2, -0.15) is 0 Å². The van der Waals surface area contributed by atoms with Gasteiger partial charge in [-0.05, 0) is 32.8 Å². The first-order valence-electron chi connectivity index (χ1n) is 7.70. The molecule has 1 saturated heterocycles. The van der Waals surface area contributed by atoms with Gasteiger partial charge < -0.3 is 15.0 Å². The van der Waals surface area contributed by atoms with Crippen LogP contribution < -0.4 is 5.32 Å². The number of non-ortho nitro benzene ring substituents is 1. The fourth-order valence-electron chi connectivity index (χ4n) is 2.53. The van der Waals surface area contributed by atoms with Gasteiger partial charge in [-0.15, -0.1) is 0 Å². The number of carbonyl (C=O) groups excluding carboxylic acids is 1. The molecule has 7 nitrogen and oxygen atoms in total. The number of hydrogen-bond acceptors (Lipinski definition) is 5. The zero-order valence-electron chi connectivity index (χ0n) is 13.7. The second-order valence-corrected chi connectivity index (χ2v) is 6.66. The molecule has 0 bridgehead atoms. The summed E-state index contributed by atoms with van der Waals surface area (Å²) in [7, 11) is 0. The number of carbonyl (C=O) groups is 1. The first-order chi connectivity index (χ1) is 10.8. The molecule has 1 aromatic rings. The Hall–Kier alpha value is -2.15. The van der Waals surface area contributed by atoms with Gasteiger partial charge in [0, 0.05) is 31.8 Å². The van der Waals surface area contributed by atoms with Gasteiger partial charge in [-0.1, -0.05) is 12.1 Å². The summed E-state index contributed by atoms with van der Waals surface area (Å²) in [6.45, 7) is 7.54. The predicted molar refractivity (Wildman–Crippen MR) is 86.4 cm³/mol. The summed E-state index contributed by atoms with van der Waals surface area (Å²) in [5, 5.41) is 14.0. The number of ether oxygens (including phenoxy) is 1. The van der Waals surface area contributed by atoms with E-state index < -0.39 is 10.5 Å². The highest BCUT2D eigenvalue weighted by Gasteiger charge is 2.30. The van der Waals surface area contributed by atoms with Crippen molar-refractivity contribution in [3.63, 3.8) is 0 Å². The van der Waals surface area contributed by atoms with E-state index in [1.165, 1.54) is 12.1 Å². The summed E-state index contributed by atoms with van der Waals surface area (Å²) in [6.07, 6.45) is 0.315. The highest BCUT2D eigenvalue weighted by atomic mass is 16.6. The molecule has 1 aromatic carbocycles. The third kappa shape index (κ3) is 4.92. The molecule has 1 aliphatic rings. The van der Waals surface area contributed by atoms with Crippen LogP contribution in [0.4, 0.5) is 10.5 Å². The number of rotatable bonds is 3. The second-order valence-electron chi connectivity index (χ2n) is 6.66. The second kappa shape index (κ2) is 6.95. The molecule has 0 saturated carbocycles. The maximum atomic E-state index is 12.3. The van der Waals surface area contributed by atoms with Crippen molar-refractivity contribution in [2.75, 3.05) is 19.6 Å². The van der Waals surface area contributed by atoms with E-state index in [-0.39, 0.29) is 17.8 Å². The minimum Gasteiger partial charge on any atom is -0.444 e. The van der Waals surface area contributed by atoms with Crippen molar-refractivity contribution < 1.29 is 14.5 Å². The van der Waals surface area contributed by atoms with E-state index in [1.807, 2.05) is 20.8 Å². The lowest BCUT2D eigenvalue weighted by atomic mass is 10.0. The Kier molecular flexibility index (Phi) is 5.20. The van der Waals surface area contributed by atoms with Crippen LogP contribution in [0.2, 0.25) is 0 Å². The highest BCUT2D eigenvalue weighted by Crippen LogP contribution is 2.18. The molecule has 0 aromatic heterocycles. The number of benzene rings is 1. The van der Waals surface area contributed by atoms with Crippen molar-refractivity contribution >= 4 is 11.8 Å². The lowest BCUT2D eigenvalue weighted by molar-refractivity contribution is -0.384. The van der Waals surface area contributed by atoms with Crippen molar-refractivity contribution in [3.05, 3.63) is 39.9 Å². The Bertz CT molecular complexity index is 566. The van der Waals surface area contributed by atoms with Crippen LogP contribution in [0.3, 0.4) is 0 Å². The van der Waals surface area contributed by atoms with Crippen LogP contribution in [0.1, 0.15) is 26.3 Å². The first-order valence-corrected chi connectivity index (χ1v) is 7.70. The molecule has 126 valence electrons. The van der Waals surface area contributed by atoms with Gasteiger partial charge in [0.25, 0.3) is 5.69 Å². The number of amides is 1. The Morgan fingerprint density at radius 1 is 1.39 bits per heavy atom. The molecular weight excluding hydrogens is 298 g/mol. The largest absolute Gasteiger partial charge is 0.444 e. The van der Waals surface area contributed by atoms with Gasteiger partial charge in [-0.3, -0.25) is 10.1 Å². The van der Waals surface area contributed by atoms with E-state index in [4.69, 9.17) is 4.74 Å². The lowest BCUT2D eigenvalue weighted by Crippen LogP contribution is -2.55. The highest BCUT2D eigenvalue weighted by molar-refractivity contribution is 5.68. The SMILES string of the molecule is CC(C)(C)OC(=O)N1CCNC[C@@H]1Cc1ccc([N+](=O)[O-])cc1. The topological polar surface area (TPSA) is 84.7 Å². The van der Waals surface area contributed by atoms with Crippen LogP contribution in [0, 0.1) is 10.1 Å². The molecule has 1 N–H and O–H groups in total. The molecule has 1 amide bonds. The van der Waals surface area contributed by atoms with Crippen LogP contribution in [0.25, 0.3) is 0 Å². The number of nitrogens with one attached hydrogen (secondary N) is 1. The fourth-order valence-corrected chi connectivity index (χ4v) is 2.53. The molecule has 1 fully saturated rings. The normalized spacial score (nSPS) is 18.6. The maximum Gasteiger partial charge on any atom is 0.410 e. The minimum absolute atomic E-state index is 0.0277. The zero-order valence-corrected chi connectivity index (χ0v) is 13.7. The summed E-state index contributed by atoms with van der Waals surface area (Å²) >= 11 is 0. The standard InChI is InChI=1S/C16H23N3O4/c1-16(2,3)23-15(20)18-9-8-17-11-14(18)10-12-4-6-13(7-5-12)19(21)22/h4-7,14,17H,8-11H2,1-3H3/t14-/m0/s1. The predicted octanol–water partition coefficient (Wildman–Crippen LogP) is 2.35. The van der Waals surface area contributed by atoms with Crippen LogP contribution in [0.5, 0.6) is 0 Å². The van der Waals surface area contributed by atoms with Crippen molar-refractivity contribution in [2.45, 2.75) is 38.8 Å². The lowest BCUT2D eigenvalue weighted by Gasteiger charge is -2.37. The van der Waals surface area contributed by atoms with E-state index in [1.54, 1.807) is 17.0 Å². The van der Waals surface area contributed by atoms with Crippen LogP contribution in [-0.4, -0.2) is 47.2 Å². The third-order valence-corrected chi connectivity index (χ3v) is 3.60. The van der Waals surface area contributed by atoms with Crippen molar-refractivity contribution in [1.29, 1.82) is 0 Å². The number of piperazine rings is 1. The fraction of sp³-hybridized carbons (Fsp3) is 0.562. The van der Waals surface area contributed by atoms with Gasteiger partial charge in [0.1, 0.15) is 5.60 Å². The molecule has 0 aliphatic carbocycles. The summed E-state index contributed by atoms with van der Waals surface area (Å²) < 4.78 is 5.47. The molecule has 0 spiro atoms. The average molecular weight is 321 g/mol. The van der Waals surface area contributed by atoms with Crippen LogP contribution >= 0.6 is 0 Å². The van der Waals surface area contributed by atoms with E-state index in [0.717, 1.165) is 12.1 Å². The quantitative estimate of drug-likeness (QED) is 0.682. The van der Waals surface area contributed by atoms with E-state index in [0.29, 0.717) is 19.5 Å². The van der Waals surface area contributed by atoms with Crippen molar-refractivity contribution in [1.82, 2.24) is 10.2 Å². The van der Waals surface area contributed by atoms with Gasteiger partial charge in [0.2, 0.25) is 0 Å². The van der Waals surface area contributed by atoms with Gasteiger partial charge in [0.15, 0.2) is 0 Å². The number of nitrogens with zero attached hydrogens (tertiary/aromatic N) is 2. The summed E-state index contributed by atoms with van der Waals surface area (Å²) in [6, 6.07) is 6.42. The zero-order chi connectivity index (χ0) is 17.0. The molecular formula is C16H23N3O4. The average Bonchev–Trinajstić information content (AvgIpc) is 2.46. The first kappa shape index (κ1) is 17.2. The number of nitro benzene ring substituents is 1. The Labute approximate surface area is 135 Å². The third-order valence-electron chi connectivity index (χ3n) is 3.60. The minimum atomic E-state index is -0.528. The Balaban J connectivity index is 2.06. The molecule has 2 rings (SSSR count). The Morgan fingerprint density at radius 3 is 2.61 bits per heavy atom. The van der Waals surface area contributed by atoms with Crippen LogP contribution in [-0.2, 0) is 11.2 Å². The maximum absolute atomic E-state index is 12.3. The van der Waals surface area contributed by atoms with Gasteiger partial charge in [-0.25, -0.2) is 4.79 Å². The van der Waals surface area contributed by atoms with Crippen molar-refractivity contribution in [2.24, 2.45) is 0 Å². The number of hydrogen-bond donors (Lipinski definition) is 1. The molecule has 1 atom stereocenters.